The summed E-state index contributed by atoms with van der Waals surface area (Å²) in [6, 6.07) is 8.71. The quantitative estimate of drug-likeness (QED) is 0.501. The number of anilines is 1. The second-order valence-electron chi connectivity index (χ2n) is 5.67. The van der Waals surface area contributed by atoms with Gasteiger partial charge in [0.2, 0.25) is 0 Å². The maximum atomic E-state index is 13.6. The molecule has 0 saturated carbocycles. The Bertz CT molecular complexity index is 1230. The van der Waals surface area contributed by atoms with E-state index >= 15 is 0 Å². The van der Waals surface area contributed by atoms with Gasteiger partial charge in [-0.05, 0) is 36.8 Å². The number of hydrogen-bond donors (Lipinski definition) is 3. The normalized spacial score (nSPS) is 11.4. The average Bonchev–Trinajstić information content (AvgIpc) is 2.87. The lowest BCUT2D eigenvalue weighted by atomic mass is 10.1. The fourth-order valence-electron chi connectivity index (χ4n) is 2.94. The second-order valence-corrected chi connectivity index (χ2v) is 5.67. The Labute approximate surface area is 134 Å². The van der Waals surface area contributed by atoms with Gasteiger partial charge in [0, 0.05) is 11.5 Å². The molecule has 0 spiro atoms. The lowest BCUT2D eigenvalue weighted by molar-refractivity contribution is 0.625. The number of halogens is 1. The van der Waals surface area contributed by atoms with Crippen LogP contribution in [-0.2, 0) is 0 Å². The Morgan fingerprint density at radius 3 is 2.71 bits per heavy atom. The molecule has 120 valence electrons. The van der Waals surface area contributed by atoms with Gasteiger partial charge >= 0.3 is 0 Å². The van der Waals surface area contributed by atoms with E-state index in [0.29, 0.717) is 22.1 Å². The van der Waals surface area contributed by atoms with Gasteiger partial charge in [0.25, 0.3) is 5.56 Å². The van der Waals surface area contributed by atoms with Crippen LogP contribution in [0, 0.1) is 12.7 Å². The smallest absolute Gasteiger partial charge is 0.261 e. The number of nitrogens with two attached hydrogens (primary N) is 1. The average molecular weight is 324 g/mol. The highest BCUT2D eigenvalue weighted by Crippen LogP contribution is 2.27. The van der Waals surface area contributed by atoms with Crippen molar-refractivity contribution in [2.75, 3.05) is 5.73 Å². The summed E-state index contributed by atoms with van der Waals surface area (Å²) in [4.78, 5) is 26.5. The van der Waals surface area contributed by atoms with Gasteiger partial charge in [0.05, 0.1) is 16.7 Å². The van der Waals surface area contributed by atoms with Crippen LogP contribution >= 0.6 is 0 Å². The van der Waals surface area contributed by atoms with Crippen LogP contribution in [0.5, 0.6) is 0 Å². The van der Waals surface area contributed by atoms with Gasteiger partial charge in [0.1, 0.15) is 17.0 Å². The van der Waals surface area contributed by atoms with Crippen molar-refractivity contribution in [3.8, 4) is 5.69 Å². The molecule has 4 aromatic rings. The number of nitrogen functional groups attached to an aromatic ring is 1. The van der Waals surface area contributed by atoms with E-state index in [9.17, 15) is 14.0 Å². The minimum absolute atomic E-state index is 0.174. The lowest BCUT2D eigenvalue weighted by Crippen LogP contribution is -2.09. The summed E-state index contributed by atoms with van der Waals surface area (Å²) in [6.45, 7) is 1.82. The molecule has 7 heteroatoms. The zero-order valence-corrected chi connectivity index (χ0v) is 12.7. The maximum absolute atomic E-state index is 13.6. The van der Waals surface area contributed by atoms with E-state index in [4.69, 9.17) is 5.73 Å². The summed E-state index contributed by atoms with van der Waals surface area (Å²) in [7, 11) is 0. The third-order valence-corrected chi connectivity index (χ3v) is 4.12. The highest BCUT2D eigenvalue weighted by molar-refractivity contribution is 6.06. The predicted octanol–water partition coefficient (Wildman–Crippen LogP) is 2.19. The number of H-pyrrole nitrogens is 2. The number of aromatic amines is 2. The third-order valence-electron chi connectivity index (χ3n) is 4.12. The Hall–Kier alpha value is -3.35. The molecule has 0 unspecified atom stereocenters. The van der Waals surface area contributed by atoms with E-state index in [2.05, 4.69) is 10.1 Å². The number of aryl methyl sites for hydroxylation is 1. The molecule has 24 heavy (non-hydrogen) atoms. The predicted molar refractivity (Wildman–Crippen MR) is 91.1 cm³/mol. The van der Waals surface area contributed by atoms with Crippen molar-refractivity contribution in [2.24, 2.45) is 0 Å². The molecule has 0 fully saturated rings. The van der Waals surface area contributed by atoms with Gasteiger partial charge in [-0.15, -0.1) is 0 Å². The Balaban J connectivity index is 2.17. The molecule has 0 atom stereocenters. The van der Waals surface area contributed by atoms with Crippen LogP contribution < -0.4 is 16.7 Å². The van der Waals surface area contributed by atoms with E-state index in [1.165, 1.54) is 28.9 Å². The summed E-state index contributed by atoms with van der Waals surface area (Å²) in [5.74, 6) is -0.232. The first-order valence-electron chi connectivity index (χ1n) is 7.28. The van der Waals surface area contributed by atoms with Gasteiger partial charge < -0.3 is 10.7 Å². The Morgan fingerprint density at radius 1 is 1.12 bits per heavy atom. The van der Waals surface area contributed by atoms with Gasteiger partial charge in [-0.3, -0.25) is 14.7 Å². The van der Waals surface area contributed by atoms with Crippen LogP contribution in [0.15, 0.2) is 46.0 Å². The van der Waals surface area contributed by atoms with Crippen LogP contribution in [0.3, 0.4) is 0 Å². The lowest BCUT2D eigenvalue weighted by Gasteiger charge is -2.08. The van der Waals surface area contributed by atoms with Crippen LogP contribution in [0.25, 0.3) is 27.5 Å². The number of fused-ring (bicyclic) bond motifs is 3. The van der Waals surface area contributed by atoms with Gasteiger partial charge in [0.15, 0.2) is 5.43 Å². The van der Waals surface area contributed by atoms with Crippen molar-refractivity contribution in [1.29, 1.82) is 0 Å². The van der Waals surface area contributed by atoms with Crippen LogP contribution in [0.2, 0.25) is 0 Å². The Morgan fingerprint density at radius 2 is 1.92 bits per heavy atom. The van der Waals surface area contributed by atoms with Gasteiger partial charge in [-0.1, -0.05) is 6.07 Å². The van der Waals surface area contributed by atoms with Crippen molar-refractivity contribution in [2.45, 2.75) is 6.92 Å². The number of rotatable bonds is 1. The van der Waals surface area contributed by atoms with Crippen molar-refractivity contribution in [3.63, 3.8) is 0 Å². The highest BCUT2D eigenvalue weighted by atomic mass is 19.1. The number of hydrogen-bond acceptors (Lipinski definition) is 3. The van der Waals surface area contributed by atoms with E-state index in [1.807, 2.05) is 6.92 Å². The molecule has 2 aromatic carbocycles. The topological polar surface area (TPSA) is 96.7 Å². The fraction of sp³-hybridized carbons (Fsp3) is 0.0588. The maximum Gasteiger partial charge on any atom is 0.261 e. The fourth-order valence-corrected chi connectivity index (χ4v) is 2.94. The number of benzene rings is 2. The summed E-state index contributed by atoms with van der Waals surface area (Å²) in [5.41, 5.74) is 7.74. The summed E-state index contributed by atoms with van der Waals surface area (Å²) < 4.78 is 15.1. The molecule has 0 bridgehead atoms. The largest absolute Gasteiger partial charge is 0.383 e. The number of nitrogens with zero attached hydrogens (tertiary/aromatic N) is 1. The zero-order valence-electron chi connectivity index (χ0n) is 12.7. The molecule has 0 aliphatic carbocycles. The second kappa shape index (κ2) is 4.82. The molecule has 2 aromatic heterocycles. The van der Waals surface area contributed by atoms with Crippen molar-refractivity contribution < 1.29 is 4.39 Å². The molecule has 6 nitrogen and oxygen atoms in total. The highest BCUT2D eigenvalue weighted by Gasteiger charge is 2.16. The minimum Gasteiger partial charge on any atom is -0.383 e. The van der Waals surface area contributed by atoms with Crippen molar-refractivity contribution >= 4 is 27.6 Å². The SMILES string of the molecule is Cc1ccc(F)cc1-n1[nH]c2c(c1N)c(=O)[nH]c1cc(=O)ccc12. The first-order chi connectivity index (χ1) is 11.5. The van der Waals surface area contributed by atoms with Crippen molar-refractivity contribution in [3.05, 3.63) is 68.4 Å². The monoisotopic (exact) mass is 324 g/mol. The summed E-state index contributed by atoms with van der Waals surface area (Å²) >= 11 is 0. The van der Waals surface area contributed by atoms with Crippen LogP contribution in [0.1, 0.15) is 5.56 Å². The summed E-state index contributed by atoms with van der Waals surface area (Å²) in [6.07, 6.45) is 0. The molecule has 0 radical (unpaired) electrons. The minimum atomic E-state index is -0.412. The van der Waals surface area contributed by atoms with E-state index in [0.717, 1.165) is 5.56 Å². The molecule has 4 rings (SSSR count). The van der Waals surface area contributed by atoms with E-state index in [-0.39, 0.29) is 16.6 Å². The molecular weight excluding hydrogens is 311 g/mol. The van der Waals surface area contributed by atoms with Crippen LogP contribution in [0.4, 0.5) is 10.2 Å². The first kappa shape index (κ1) is 14.3. The first-order valence-corrected chi connectivity index (χ1v) is 7.28. The zero-order chi connectivity index (χ0) is 17.0. The number of pyridine rings is 1. The summed E-state index contributed by atoms with van der Waals surface area (Å²) in [5, 5.41) is 3.98. The van der Waals surface area contributed by atoms with Crippen molar-refractivity contribution in [1.82, 2.24) is 14.8 Å². The van der Waals surface area contributed by atoms with Gasteiger partial charge in [-0.2, -0.15) is 0 Å². The molecule has 0 amide bonds. The molecule has 0 aliphatic heterocycles. The van der Waals surface area contributed by atoms with Crippen LogP contribution in [-0.4, -0.2) is 14.8 Å². The van der Waals surface area contributed by atoms with E-state index < -0.39 is 11.4 Å². The number of aromatic nitrogens is 3. The van der Waals surface area contributed by atoms with Gasteiger partial charge in [-0.25, -0.2) is 9.07 Å². The molecule has 0 aliphatic rings. The third kappa shape index (κ3) is 1.95. The number of nitrogens with one attached hydrogen (secondary N) is 2. The molecule has 2 heterocycles. The molecular formula is C17H13FN4O2. The molecule has 0 saturated heterocycles. The molecule has 4 N–H and O–H groups in total. The van der Waals surface area contributed by atoms with E-state index in [1.54, 1.807) is 12.1 Å². The standard InChI is InChI=1S/C17H13FN4O2/c1-8-2-3-9(18)6-13(8)22-16(19)14-15(21-22)11-5-4-10(23)7-12(11)20-17(14)24/h2-7,21H,19H2,1H3,(H,20,24). The Kier molecular flexibility index (Phi) is 2.86.